The molecule has 2 atom stereocenters. The second kappa shape index (κ2) is 8.48. The Kier molecular flexibility index (Phi) is 5.82. The fraction of sp³-hybridized carbons (Fsp3) is 0.474. The summed E-state index contributed by atoms with van der Waals surface area (Å²) in [6.45, 7) is 2.14. The van der Waals surface area contributed by atoms with Gasteiger partial charge in [0.25, 0.3) is 5.91 Å². The van der Waals surface area contributed by atoms with E-state index in [9.17, 15) is 9.59 Å². The molecular weight excluding hydrogens is 398 g/mol. The first kappa shape index (κ1) is 19.2. The average Bonchev–Trinajstić information content (AvgIpc) is 3.40. The fourth-order valence-corrected chi connectivity index (χ4v) is 5.41. The van der Waals surface area contributed by atoms with Crippen LogP contribution in [0.5, 0.6) is 5.88 Å². The standard InChI is InChI=1S/C19H21N3O4S2/c1-2-25-18(24)13-4-5-14-16(13)21-19(28-14)22-17(23)11-3-6-15(20-9-11)26-12-7-8-27-10-12/h3,6,9,12-13H,2,4-5,7-8,10H2,1H3,(H,21,22,23). The number of esters is 1. The van der Waals surface area contributed by atoms with Gasteiger partial charge in [-0.2, -0.15) is 11.8 Å². The molecule has 1 aliphatic carbocycles. The van der Waals surface area contributed by atoms with E-state index in [1.807, 2.05) is 11.8 Å². The lowest BCUT2D eigenvalue weighted by Crippen LogP contribution is -2.16. The number of aromatic nitrogens is 2. The van der Waals surface area contributed by atoms with Gasteiger partial charge in [-0.05, 0) is 38.0 Å². The van der Waals surface area contributed by atoms with Crippen LogP contribution in [-0.2, 0) is 16.0 Å². The van der Waals surface area contributed by atoms with Crippen molar-refractivity contribution in [1.82, 2.24) is 9.97 Å². The van der Waals surface area contributed by atoms with Gasteiger partial charge < -0.3 is 9.47 Å². The second-order valence-electron chi connectivity index (χ2n) is 6.61. The number of fused-ring (bicyclic) bond motifs is 1. The van der Waals surface area contributed by atoms with Crippen molar-refractivity contribution in [1.29, 1.82) is 0 Å². The molecule has 1 aliphatic heterocycles. The van der Waals surface area contributed by atoms with Crippen molar-refractivity contribution in [2.75, 3.05) is 23.4 Å². The molecule has 3 heterocycles. The number of thiazole rings is 1. The van der Waals surface area contributed by atoms with E-state index < -0.39 is 0 Å². The number of thioether (sulfide) groups is 1. The summed E-state index contributed by atoms with van der Waals surface area (Å²) in [7, 11) is 0. The van der Waals surface area contributed by atoms with Crippen LogP contribution in [0.4, 0.5) is 5.13 Å². The first-order valence-electron chi connectivity index (χ1n) is 9.32. The number of nitrogens with one attached hydrogen (secondary N) is 1. The number of pyridine rings is 1. The number of aryl methyl sites for hydroxylation is 1. The number of anilines is 1. The van der Waals surface area contributed by atoms with Gasteiger partial charge in [-0.25, -0.2) is 9.97 Å². The summed E-state index contributed by atoms with van der Waals surface area (Å²) in [6, 6.07) is 3.42. The number of carbonyl (C=O) groups is 2. The van der Waals surface area contributed by atoms with Gasteiger partial charge in [0.15, 0.2) is 5.13 Å². The molecule has 2 aliphatic rings. The number of amides is 1. The number of rotatable bonds is 6. The lowest BCUT2D eigenvalue weighted by Gasteiger charge is -2.11. The number of ether oxygens (including phenoxy) is 2. The number of hydrogen-bond acceptors (Lipinski definition) is 8. The SMILES string of the molecule is CCOC(=O)C1CCc2sc(NC(=O)c3ccc(OC4CCSC4)nc3)nc21. The summed E-state index contributed by atoms with van der Waals surface area (Å²) in [5, 5.41) is 3.30. The van der Waals surface area contributed by atoms with Crippen LogP contribution < -0.4 is 10.1 Å². The molecule has 2 aromatic heterocycles. The molecule has 2 aromatic rings. The molecule has 1 N–H and O–H groups in total. The minimum atomic E-state index is -0.330. The molecule has 28 heavy (non-hydrogen) atoms. The molecule has 2 unspecified atom stereocenters. The number of carbonyl (C=O) groups excluding carboxylic acids is 2. The third kappa shape index (κ3) is 4.15. The molecule has 1 amide bonds. The molecule has 0 spiro atoms. The summed E-state index contributed by atoms with van der Waals surface area (Å²) in [4.78, 5) is 34.3. The fourth-order valence-electron chi connectivity index (χ4n) is 3.28. The average molecular weight is 420 g/mol. The van der Waals surface area contributed by atoms with Crippen LogP contribution in [0.3, 0.4) is 0 Å². The minimum Gasteiger partial charge on any atom is -0.473 e. The van der Waals surface area contributed by atoms with Gasteiger partial charge in [0, 0.05) is 22.9 Å². The van der Waals surface area contributed by atoms with Gasteiger partial charge in [0.05, 0.1) is 17.9 Å². The molecule has 0 bridgehead atoms. The maximum absolute atomic E-state index is 12.5. The van der Waals surface area contributed by atoms with Gasteiger partial charge in [0.2, 0.25) is 5.88 Å². The lowest BCUT2D eigenvalue weighted by molar-refractivity contribution is -0.145. The number of hydrogen-bond donors (Lipinski definition) is 1. The van der Waals surface area contributed by atoms with Crippen molar-refractivity contribution < 1.29 is 19.1 Å². The van der Waals surface area contributed by atoms with Crippen LogP contribution in [0.15, 0.2) is 18.3 Å². The van der Waals surface area contributed by atoms with Crippen LogP contribution in [0.1, 0.15) is 46.6 Å². The van der Waals surface area contributed by atoms with Crippen LogP contribution >= 0.6 is 23.1 Å². The highest BCUT2D eigenvalue weighted by molar-refractivity contribution is 7.99. The Morgan fingerprint density at radius 2 is 2.21 bits per heavy atom. The highest BCUT2D eigenvalue weighted by Gasteiger charge is 2.33. The van der Waals surface area contributed by atoms with Crippen LogP contribution in [0.2, 0.25) is 0 Å². The Balaban J connectivity index is 1.39. The summed E-state index contributed by atoms with van der Waals surface area (Å²) < 4.78 is 10.9. The largest absolute Gasteiger partial charge is 0.473 e. The lowest BCUT2D eigenvalue weighted by atomic mass is 10.1. The van der Waals surface area contributed by atoms with E-state index in [-0.39, 0.29) is 23.9 Å². The predicted molar refractivity (Wildman–Crippen MR) is 108 cm³/mol. The number of nitrogens with zero attached hydrogens (tertiary/aromatic N) is 2. The molecule has 1 fully saturated rings. The smallest absolute Gasteiger partial charge is 0.315 e. The summed E-state index contributed by atoms with van der Waals surface area (Å²) >= 11 is 3.28. The molecule has 9 heteroatoms. The van der Waals surface area contributed by atoms with Crippen molar-refractivity contribution in [3.05, 3.63) is 34.5 Å². The second-order valence-corrected chi connectivity index (χ2v) is 8.85. The monoisotopic (exact) mass is 419 g/mol. The highest BCUT2D eigenvalue weighted by atomic mass is 32.2. The molecule has 0 saturated carbocycles. The van der Waals surface area contributed by atoms with Crippen molar-refractivity contribution in [3.63, 3.8) is 0 Å². The topological polar surface area (TPSA) is 90.4 Å². The van der Waals surface area contributed by atoms with Crippen molar-refractivity contribution in [2.24, 2.45) is 0 Å². The first-order chi connectivity index (χ1) is 13.6. The summed E-state index contributed by atoms with van der Waals surface area (Å²) in [6.07, 6.45) is 4.22. The van der Waals surface area contributed by atoms with Gasteiger partial charge in [-0.15, -0.1) is 11.3 Å². The Bertz CT molecular complexity index is 863. The van der Waals surface area contributed by atoms with E-state index in [2.05, 4.69) is 15.3 Å². The summed E-state index contributed by atoms with van der Waals surface area (Å²) in [5.74, 6) is 1.77. The predicted octanol–water partition coefficient (Wildman–Crippen LogP) is 3.27. The van der Waals surface area contributed by atoms with E-state index in [1.54, 1.807) is 19.1 Å². The maximum Gasteiger partial charge on any atom is 0.315 e. The molecule has 0 aromatic carbocycles. The summed E-state index contributed by atoms with van der Waals surface area (Å²) in [5.41, 5.74) is 1.17. The zero-order chi connectivity index (χ0) is 19.5. The Labute approximate surface area is 171 Å². The molecular formula is C19H21N3O4S2. The Hall–Kier alpha value is -2.13. The van der Waals surface area contributed by atoms with Gasteiger partial charge in [-0.3, -0.25) is 14.9 Å². The van der Waals surface area contributed by atoms with Crippen molar-refractivity contribution >= 4 is 40.1 Å². The quantitative estimate of drug-likeness (QED) is 0.719. The molecule has 1 saturated heterocycles. The van der Waals surface area contributed by atoms with E-state index in [0.717, 1.165) is 34.9 Å². The Morgan fingerprint density at radius 1 is 1.32 bits per heavy atom. The maximum atomic E-state index is 12.5. The van der Waals surface area contributed by atoms with Crippen molar-refractivity contribution in [2.45, 2.75) is 38.2 Å². The van der Waals surface area contributed by atoms with E-state index in [4.69, 9.17) is 9.47 Å². The van der Waals surface area contributed by atoms with Crippen LogP contribution in [-0.4, -0.2) is 46.1 Å². The zero-order valence-corrected chi connectivity index (χ0v) is 17.1. The van der Waals surface area contributed by atoms with Crippen LogP contribution in [0, 0.1) is 0 Å². The zero-order valence-electron chi connectivity index (χ0n) is 15.5. The van der Waals surface area contributed by atoms with Crippen molar-refractivity contribution in [3.8, 4) is 5.88 Å². The molecule has 4 rings (SSSR count). The van der Waals surface area contributed by atoms with E-state index in [0.29, 0.717) is 29.6 Å². The van der Waals surface area contributed by atoms with Gasteiger partial charge >= 0.3 is 5.97 Å². The Morgan fingerprint density at radius 3 is 2.93 bits per heavy atom. The third-order valence-corrected chi connectivity index (χ3v) is 6.86. The first-order valence-corrected chi connectivity index (χ1v) is 11.3. The minimum absolute atomic E-state index is 0.197. The van der Waals surface area contributed by atoms with Gasteiger partial charge in [0.1, 0.15) is 12.0 Å². The van der Waals surface area contributed by atoms with E-state index >= 15 is 0 Å². The van der Waals surface area contributed by atoms with Gasteiger partial charge in [-0.1, -0.05) is 0 Å². The van der Waals surface area contributed by atoms with Crippen LogP contribution in [0.25, 0.3) is 0 Å². The van der Waals surface area contributed by atoms with E-state index in [1.165, 1.54) is 17.5 Å². The third-order valence-electron chi connectivity index (χ3n) is 4.68. The molecule has 148 valence electrons. The molecule has 7 nitrogen and oxygen atoms in total. The molecule has 0 radical (unpaired) electrons. The normalized spacial score (nSPS) is 20.6. The highest BCUT2D eigenvalue weighted by Crippen LogP contribution is 2.39.